The maximum Gasteiger partial charge on any atom is 0.344 e. The molecule has 1 atom stereocenters. The first-order valence-electron chi connectivity index (χ1n) is 8.06. The standard InChI is InChI=1S/C20H18O5/c1-3-13-9-10-16-15(11-13)17(21)19(24-12(2)20(22)23)18(25-16)14-7-5-4-6-8-14/h4-12H,3H2,1-2H3,(H,22,23)/t12-/m1/s1. The molecule has 128 valence electrons. The molecule has 0 spiro atoms. The van der Waals surface area contributed by atoms with Crippen LogP contribution < -0.4 is 10.2 Å². The van der Waals surface area contributed by atoms with E-state index in [0.29, 0.717) is 16.5 Å². The maximum atomic E-state index is 13.0. The maximum absolute atomic E-state index is 13.0. The van der Waals surface area contributed by atoms with Gasteiger partial charge in [-0.1, -0.05) is 43.3 Å². The number of carboxylic acid groups (broad SMARTS) is 1. The first-order valence-corrected chi connectivity index (χ1v) is 8.06. The number of aliphatic carboxylic acids is 1. The number of carboxylic acids is 1. The van der Waals surface area contributed by atoms with E-state index in [1.807, 2.05) is 31.2 Å². The number of benzene rings is 2. The Morgan fingerprint density at radius 1 is 1.20 bits per heavy atom. The number of hydrogen-bond donors (Lipinski definition) is 1. The van der Waals surface area contributed by atoms with Crippen molar-refractivity contribution >= 4 is 16.9 Å². The van der Waals surface area contributed by atoms with Gasteiger partial charge in [0.05, 0.1) is 5.39 Å². The minimum atomic E-state index is -1.17. The van der Waals surface area contributed by atoms with Gasteiger partial charge in [0.2, 0.25) is 11.2 Å². The summed E-state index contributed by atoms with van der Waals surface area (Å²) in [7, 11) is 0. The van der Waals surface area contributed by atoms with E-state index in [-0.39, 0.29) is 16.9 Å². The van der Waals surface area contributed by atoms with Crippen LogP contribution in [0, 0.1) is 0 Å². The summed E-state index contributed by atoms with van der Waals surface area (Å²) >= 11 is 0. The molecule has 0 saturated heterocycles. The third kappa shape index (κ3) is 3.26. The second-order valence-corrected chi connectivity index (χ2v) is 5.74. The highest BCUT2D eigenvalue weighted by molar-refractivity contribution is 5.83. The van der Waals surface area contributed by atoms with E-state index in [1.54, 1.807) is 24.3 Å². The van der Waals surface area contributed by atoms with Crippen molar-refractivity contribution in [2.24, 2.45) is 0 Å². The smallest absolute Gasteiger partial charge is 0.344 e. The van der Waals surface area contributed by atoms with E-state index in [0.717, 1.165) is 12.0 Å². The third-order valence-corrected chi connectivity index (χ3v) is 4.00. The molecule has 1 aromatic heterocycles. The summed E-state index contributed by atoms with van der Waals surface area (Å²) in [6.45, 7) is 3.37. The monoisotopic (exact) mass is 338 g/mol. The second kappa shape index (κ2) is 6.81. The molecule has 0 radical (unpaired) electrons. The van der Waals surface area contributed by atoms with Crippen LogP contribution in [0.2, 0.25) is 0 Å². The minimum absolute atomic E-state index is 0.0816. The predicted molar refractivity (Wildman–Crippen MR) is 95.0 cm³/mol. The van der Waals surface area contributed by atoms with Crippen LogP contribution in [0.25, 0.3) is 22.3 Å². The molecule has 3 rings (SSSR count). The fourth-order valence-corrected chi connectivity index (χ4v) is 2.56. The molecule has 3 aromatic rings. The average Bonchev–Trinajstić information content (AvgIpc) is 2.64. The molecule has 1 N–H and O–H groups in total. The highest BCUT2D eigenvalue weighted by atomic mass is 16.5. The predicted octanol–water partition coefficient (Wildman–Crippen LogP) is 3.87. The molecule has 0 unspecified atom stereocenters. The van der Waals surface area contributed by atoms with Gasteiger partial charge >= 0.3 is 5.97 Å². The highest BCUT2D eigenvalue weighted by Gasteiger charge is 2.22. The van der Waals surface area contributed by atoms with Gasteiger partial charge in [0.25, 0.3) is 0 Å². The summed E-state index contributed by atoms with van der Waals surface area (Å²) in [5, 5.41) is 9.51. The van der Waals surface area contributed by atoms with Crippen LogP contribution in [0.3, 0.4) is 0 Å². The van der Waals surface area contributed by atoms with Crippen LogP contribution in [0.1, 0.15) is 19.4 Å². The van der Waals surface area contributed by atoms with E-state index in [1.165, 1.54) is 6.92 Å². The van der Waals surface area contributed by atoms with E-state index in [2.05, 4.69) is 0 Å². The molecule has 1 heterocycles. The van der Waals surface area contributed by atoms with Crippen molar-refractivity contribution in [1.82, 2.24) is 0 Å². The number of carbonyl (C=O) groups is 1. The lowest BCUT2D eigenvalue weighted by Gasteiger charge is -2.14. The van der Waals surface area contributed by atoms with Crippen molar-refractivity contribution < 1.29 is 19.1 Å². The molecule has 0 fully saturated rings. The average molecular weight is 338 g/mol. The van der Waals surface area contributed by atoms with E-state index in [4.69, 9.17) is 14.3 Å². The molecule has 5 heteroatoms. The number of aryl methyl sites for hydroxylation is 1. The molecule has 0 bridgehead atoms. The Balaban J connectivity index is 2.28. The van der Waals surface area contributed by atoms with Crippen molar-refractivity contribution in [1.29, 1.82) is 0 Å². The largest absolute Gasteiger partial charge is 0.479 e. The minimum Gasteiger partial charge on any atom is -0.479 e. The molecule has 0 aliphatic carbocycles. The molecule has 0 amide bonds. The Labute approximate surface area is 144 Å². The molecule has 25 heavy (non-hydrogen) atoms. The van der Waals surface area contributed by atoms with Crippen LogP contribution in [0.15, 0.2) is 57.7 Å². The Morgan fingerprint density at radius 2 is 1.92 bits per heavy atom. The van der Waals surface area contributed by atoms with Crippen LogP contribution in [-0.4, -0.2) is 17.2 Å². The van der Waals surface area contributed by atoms with Crippen molar-refractivity contribution in [2.75, 3.05) is 0 Å². The SMILES string of the molecule is CCc1ccc2oc(-c3ccccc3)c(O[C@H](C)C(=O)O)c(=O)c2c1. The summed E-state index contributed by atoms with van der Waals surface area (Å²) in [6.07, 6.45) is -0.394. The normalized spacial score (nSPS) is 12.1. The van der Waals surface area contributed by atoms with E-state index >= 15 is 0 Å². The van der Waals surface area contributed by atoms with Gasteiger partial charge in [-0.05, 0) is 31.0 Å². The first-order chi connectivity index (χ1) is 12.0. The molecule has 2 aromatic carbocycles. The number of ether oxygens (including phenoxy) is 1. The molecule has 0 aliphatic heterocycles. The van der Waals surface area contributed by atoms with E-state index < -0.39 is 12.1 Å². The zero-order valence-electron chi connectivity index (χ0n) is 14.0. The van der Waals surface area contributed by atoms with Crippen LogP contribution in [-0.2, 0) is 11.2 Å². The van der Waals surface area contributed by atoms with Gasteiger partial charge in [0.15, 0.2) is 11.9 Å². The number of rotatable bonds is 5. The van der Waals surface area contributed by atoms with Crippen LogP contribution >= 0.6 is 0 Å². The van der Waals surface area contributed by atoms with Crippen molar-refractivity contribution in [3.05, 3.63) is 64.3 Å². The van der Waals surface area contributed by atoms with Gasteiger partial charge in [0.1, 0.15) is 5.58 Å². The third-order valence-electron chi connectivity index (χ3n) is 4.00. The van der Waals surface area contributed by atoms with E-state index in [9.17, 15) is 9.59 Å². The molecule has 0 saturated carbocycles. The molecule has 0 aliphatic rings. The van der Waals surface area contributed by atoms with Gasteiger partial charge in [-0.25, -0.2) is 4.79 Å². The fourth-order valence-electron chi connectivity index (χ4n) is 2.56. The summed E-state index contributed by atoms with van der Waals surface area (Å²) in [5.41, 5.74) is 1.71. The Bertz CT molecular complexity index is 973. The molecular weight excluding hydrogens is 320 g/mol. The quantitative estimate of drug-likeness (QED) is 0.764. The Kier molecular flexibility index (Phi) is 4.57. The number of hydrogen-bond acceptors (Lipinski definition) is 4. The van der Waals surface area contributed by atoms with Crippen LogP contribution in [0.4, 0.5) is 0 Å². The van der Waals surface area contributed by atoms with Crippen molar-refractivity contribution in [3.8, 4) is 17.1 Å². The van der Waals surface area contributed by atoms with Gasteiger partial charge in [-0.2, -0.15) is 0 Å². The summed E-state index contributed by atoms with van der Waals surface area (Å²) in [6, 6.07) is 14.4. The summed E-state index contributed by atoms with van der Waals surface area (Å²) in [4.78, 5) is 24.1. The molecule has 5 nitrogen and oxygen atoms in total. The lowest BCUT2D eigenvalue weighted by molar-refractivity contribution is -0.144. The number of fused-ring (bicyclic) bond motifs is 1. The fraction of sp³-hybridized carbons (Fsp3) is 0.200. The van der Waals surface area contributed by atoms with Gasteiger partial charge < -0.3 is 14.3 Å². The first kappa shape index (κ1) is 16.8. The summed E-state index contributed by atoms with van der Waals surface area (Å²) in [5.74, 6) is -1.00. The highest BCUT2D eigenvalue weighted by Crippen LogP contribution is 2.31. The second-order valence-electron chi connectivity index (χ2n) is 5.74. The van der Waals surface area contributed by atoms with Gasteiger partial charge in [-0.15, -0.1) is 0 Å². The zero-order chi connectivity index (χ0) is 18.0. The lowest BCUT2D eigenvalue weighted by atomic mass is 10.1. The van der Waals surface area contributed by atoms with Gasteiger partial charge in [-0.3, -0.25) is 4.79 Å². The van der Waals surface area contributed by atoms with Crippen molar-refractivity contribution in [2.45, 2.75) is 26.4 Å². The lowest BCUT2D eigenvalue weighted by Crippen LogP contribution is -2.26. The van der Waals surface area contributed by atoms with Gasteiger partial charge in [0, 0.05) is 5.56 Å². The molecular formula is C20H18O5. The van der Waals surface area contributed by atoms with Crippen molar-refractivity contribution in [3.63, 3.8) is 0 Å². The zero-order valence-corrected chi connectivity index (χ0v) is 14.0. The topological polar surface area (TPSA) is 76.7 Å². The Hall–Kier alpha value is -3.08. The summed E-state index contributed by atoms with van der Waals surface area (Å²) < 4.78 is 11.4. The van der Waals surface area contributed by atoms with Crippen LogP contribution in [0.5, 0.6) is 5.75 Å². The Morgan fingerprint density at radius 3 is 2.56 bits per heavy atom.